The Morgan fingerprint density at radius 2 is 1.80 bits per heavy atom. The van der Waals surface area contributed by atoms with Crippen molar-refractivity contribution in [2.24, 2.45) is 0 Å². The first-order valence-corrected chi connectivity index (χ1v) is 14.9. The highest BCUT2D eigenvalue weighted by Gasteiger charge is 2.36. The molecule has 3 heterocycles. The van der Waals surface area contributed by atoms with Gasteiger partial charge in [0.15, 0.2) is 0 Å². The second-order valence-corrected chi connectivity index (χ2v) is 12.2. The fourth-order valence-corrected chi connectivity index (χ4v) is 6.14. The predicted octanol–water partition coefficient (Wildman–Crippen LogP) is 5.31. The number of aromatic nitrogens is 4. The van der Waals surface area contributed by atoms with Crippen molar-refractivity contribution in [3.8, 4) is 17.4 Å². The van der Waals surface area contributed by atoms with E-state index in [2.05, 4.69) is 21.0 Å². The topological polar surface area (TPSA) is 102 Å². The number of benzene rings is 2. The maximum Gasteiger partial charge on any atom is 0.417 e. The lowest BCUT2D eigenvalue weighted by Gasteiger charge is -2.34. The Kier molecular flexibility index (Phi) is 7.65. The molecule has 1 saturated carbocycles. The summed E-state index contributed by atoms with van der Waals surface area (Å²) >= 11 is 2.92. The van der Waals surface area contributed by atoms with Crippen LogP contribution in [-0.2, 0) is 19.1 Å². The molecule has 0 bridgehead atoms. The molecule has 44 heavy (non-hydrogen) atoms. The van der Waals surface area contributed by atoms with Crippen LogP contribution in [0.5, 0.6) is 5.75 Å². The maximum atomic E-state index is 14.2. The summed E-state index contributed by atoms with van der Waals surface area (Å²) in [5, 5.41) is 14.1. The molecular formula is C31H29BrF3N5O4. The molecule has 1 aliphatic carbocycles. The van der Waals surface area contributed by atoms with Crippen molar-refractivity contribution < 1.29 is 27.8 Å². The highest BCUT2D eigenvalue weighted by molar-refractivity contribution is 9.10. The number of hydrogen-bond donors (Lipinski definition) is 1. The van der Waals surface area contributed by atoms with Crippen LogP contribution < -0.4 is 10.3 Å². The third-order valence-corrected chi connectivity index (χ3v) is 8.73. The molecule has 1 amide bonds. The van der Waals surface area contributed by atoms with Crippen LogP contribution in [0.4, 0.5) is 13.2 Å². The molecule has 2 aliphatic rings. The van der Waals surface area contributed by atoms with Crippen LogP contribution in [-0.4, -0.2) is 53.5 Å². The average molecular weight is 673 g/mol. The smallest absolute Gasteiger partial charge is 0.417 e. The third-order valence-electron chi connectivity index (χ3n) is 8.04. The number of aryl methyl sites for hydroxylation is 2. The molecular weight excluding hydrogens is 643 g/mol. The van der Waals surface area contributed by atoms with E-state index in [1.807, 2.05) is 19.9 Å². The van der Waals surface area contributed by atoms with Gasteiger partial charge in [-0.3, -0.25) is 9.59 Å². The Balaban J connectivity index is 1.39. The summed E-state index contributed by atoms with van der Waals surface area (Å²) in [5.41, 5.74) is 1.39. The van der Waals surface area contributed by atoms with Gasteiger partial charge in [-0.2, -0.15) is 18.3 Å². The Bertz CT molecular complexity index is 1810. The largest absolute Gasteiger partial charge is 0.490 e. The molecule has 1 fully saturated rings. The number of aliphatic hydroxyl groups is 1. The maximum absolute atomic E-state index is 14.2. The fourth-order valence-electron chi connectivity index (χ4n) is 5.67. The van der Waals surface area contributed by atoms with Gasteiger partial charge < -0.3 is 14.7 Å². The Morgan fingerprint density at radius 3 is 2.41 bits per heavy atom. The van der Waals surface area contributed by atoms with E-state index in [0.717, 1.165) is 11.8 Å². The highest BCUT2D eigenvalue weighted by atomic mass is 79.9. The molecule has 0 radical (unpaired) electrons. The van der Waals surface area contributed by atoms with Crippen LogP contribution in [0.3, 0.4) is 0 Å². The number of carbonyl (C=O) groups is 1. The number of fused-ring (bicyclic) bond motifs is 1. The zero-order valence-electron chi connectivity index (χ0n) is 24.1. The van der Waals surface area contributed by atoms with E-state index in [-0.39, 0.29) is 46.7 Å². The molecule has 1 unspecified atom stereocenters. The summed E-state index contributed by atoms with van der Waals surface area (Å²) in [5.74, 6) is 0.246. The lowest BCUT2D eigenvalue weighted by Crippen LogP contribution is -2.46. The molecule has 6 rings (SSSR count). The van der Waals surface area contributed by atoms with Crippen LogP contribution >= 0.6 is 15.9 Å². The molecule has 1 atom stereocenters. The van der Waals surface area contributed by atoms with Crippen molar-refractivity contribution in [2.45, 2.75) is 71.0 Å². The molecule has 4 aromatic rings. The Labute approximate surface area is 259 Å². The van der Waals surface area contributed by atoms with Crippen molar-refractivity contribution in [1.29, 1.82) is 0 Å². The van der Waals surface area contributed by atoms with Gasteiger partial charge in [-0.1, -0.05) is 15.9 Å². The van der Waals surface area contributed by atoms with E-state index >= 15 is 0 Å². The second kappa shape index (κ2) is 11.2. The molecule has 0 spiro atoms. The molecule has 2 aromatic carbocycles. The van der Waals surface area contributed by atoms with E-state index in [0.29, 0.717) is 41.2 Å². The highest BCUT2D eigenvalue weighted by Crippen LogP contribution is 2.36. The number of hydrogen-bond acceptors (Lipinski definition) is 6. The summed E-state index contributed by atoms with van der Waals surface area (Å²) in [4.78, 5) is 34.0. The quantitative estimate of drug-likeness (QED) is 0.309. The lowest BCUT2D eigenvalue weighted by atomic mass is 9.92. The van der Waals surface area contributed by atoms with Gasteiger partial charge in [-0.15, -0.1) is 0 Å². The zero-order valence-corrected chi connectivity index (χ0v) is 25.7. The van der Waals surface area contributed by atoms with Gasteiger partial charge in [0.05, 0.1) is 35.3 Å². The van der Waals surface area contributed by atoms with E-state index < -0.39 is 23.7 Å². The first-order chi connectivity index (χ1) is 20.8. The number of carbonyl (C=O) groups excluding carboxylic acids is 1. The summed E-state index contributed by atoms with van der Waals surface area (Å²) in [6.07, 6.45) is -3.73. The van der Waals surface area contributed by atoms with Crippen LogP contribution in [0.1, 0.15) is 58.3 Å². The van der Waals surface area contributed by atoms with Gasteiger partial charge in [-0.05, 0) is 75.7 Å². The van der Waals surface area contributed by atoms with Gasteiger partial charge in [0.1, 0.15) is 11.9 Å². The third kappa shape index (κ3) is 5.54. The van der Waals surface area contributed by atoms with Crippen molar-refractivity contribution >= 4 is 21.8 Å². The van der Waals surface area contributed by atoms with Crippen LogP contribution in [0, 0.1) is 13.8 Å². The number of rotatable bonds is 5. The summed E-state index contributed by atoms with van der Waals surface area (Å²) in [7, 11) is 0. The van der Waals surface area contributed by atoms with Gasteiger partial charge in [0.25, 0.3) is 11.5 Å². The second-order valence-electron chi connectivity index (χ2n) is 11.4. The van der Waals surface area contributed by atoms with Crippen LogP contribution in [0.2, 0.25) is 0 Å². The van der Waals surface area contributed by atoms with Crippen LogP contribution in [0.25, 0.3) is 11.6 Å². The summed E-state index contributed by atoms with van der Waals surface area (Å²) < 4.78 is 49.4. The first-order valence-electron chi connectivity index (χ1n) is 14.1. The molecule has 1 N–H and O–H groups in total. The lowest BCUT2D eigenvalue weighted by molar-refractivity contribution is -0.138. The van der Waals surface area contributed by atoms with E-state index in [9.17, 15) is 27.9 Å². The van der Waals surface area contributed by atoms with Crippen molar-refractivity contribution in [1.82, 2.24) is 24.2 Å². The molecule has 0 saturated heterocycles. The number of ether oxygens (including phenoxy) is 1. The van der Waals surface area contributed by atoms with Gasteiger partial charge >= 0.3 is 6.18 Å². The monoisotopic (exact) mass is 671 g/mol. The standard InChI is InChI=1S/C31H29BrF3N5O4/c1-16-10-18(3)40(37-16)30-36-27-15-38(28(42)19-4-9-26(32)25(12-19)31(33,34)35)17(2)11-24(27)29(43)39(30)20-5-7-22(8-6-20)44-23-13-21(41)14-23/h4-10,12,17,21,23,41H,11,13-15H2,1-3H3. The fraction of sp³-hybridized carbons (Fsp3) is 0.355. The Hall–Kier alpha value is -3.97. The normalized spacial score (nSPS) is 19.8. The summed E-state index contributed by atoms with van der Waals surface area (Å²) in [6.45, 7) is 5.36. The van der Waals surface area contributed by atoms with Crippen molar-refractivity contribution in [2.75, 3.05) is 0 Å². The van der Waals surface area contributed by atoms with E-state index in [4.69, 9.17) is 9.72 Å². The molecule has 13 heteroatoms. The average Bonchev–Trinajstić information content (AvgIpc) is 3.29. The van der Waals surface area contributed by atoms with Crippen LogP contribution in [0.15, 0.2) is 57.8 Å². The van der Waals surface area contributed by atoms with Crippen molar-refractivity contribution in [3.05, 3.63) is 97.1 Å². The summed E-state index contributed by atoms with van der Waals surface area (Å²) in [6, 6.07) is 11.8. The first kappa shape index (κ1) is 30.1. The van der Waals surface area contributed by atoms with E-state index in [1.54, 1.807) is 35.9 Å². The van der Waals surface area contributed by atoms with Gasteiger partial charge in [0.2, 0.25) is 5.95 Å². The minimum atomic E-state index is -4.64. The SMILES string of the molecule is Cc1cc(C)n(-c2nc3c(c(=O)n2-c2ccc(OC4CC(O)C4)cc2)CC(C)N(C(=O)c2ccc(Br)c(C(F)(F)F)c2)C3)n1. The van der Waals surface area contributed by atoms with E-state index in [1.165, 1.54) is 21.6 Å². The minimum Gasteiger partial charge on any atom is -0.490 e. The van der Waals surface area contributed by atoms with Crippen molar-refractivity contribution in [3.63, 3.8) is 0 Å². The predicted molar refractivity (Wildman–Crippen MR) is 158 cm³/mol. The molecule has 9 nitrogen and oxygen atoms in total. The van der Waals surface area contributed by atoms with Gasteiger partial charge in [0, 0.05) is 40.2 Å². The number of halogens is 4. The minimum absolute atomic E-state index is 0.0566. The number of nitrogens with zero attached hydrogens (tertiary/aromatic N) is 5. The zero-order chi connectivity index (χ0) is 31.5. The molecule has 230 valence electrons. The number of amides is 1. The van der Waals surface area contributed by atoms with Gasteiger partial charge in [-0.25, -0.2) is 14.2 Å². The molecule has 1 aliphatic heterocycles. The molecule has 2 aromatic heterocycles. The number of aliphatic hydroxyl groups excluding tert-OH is 1. The Morgan fingerprint density at radius 1 is 1.09 bits per heavy atom. The number of alkyl halides is 3.